The van der Waals surface area contributed by atoms with Crippen molar-refractivity contribution >= 4 is 12.0 Å². The first-order valence-electron chi connectivity index (χ1n) is 12.1. The molecule has 36 heavy (non-hydrogen) atoms. The maximum absolute atomic E-state index is 13.7. The van der Waals surface area contributed by atoms with E-state index in [2.05, 4.69) is 17.1 Å². The lowest BCUT2D eigenvalue weighted by molar-refractivity contribution is 0.0720. The van der Waals surface area contributed by atoms with Gasteiger partial charge in [-0.05, 0) is 36.8 Å². The standard InChI is InChI=1S/C28H33N3O5/c1-20(24-8-6-18-36-24)29(2)28(33)27-23-13-15-30(16-17-31(23)26(32)19-25(27)35-4)14-5-7-21-9-11-22(34-3)12-10-21/h5-12,18-20H,13-17H2,1-4H3/b7-5+/t20-/m0/s1. The van der Waals surface area contributed by atoms with Gasteiger partial charge < -0.3 is 23.4 Å². The van der Waals surface area contributed by atoms with Gasteiger partial charge in [0.05, 0.1) is 26.5 Å². The number of carbonyl (C=O) groups is 1. The largest absolute Gasteiger partial charge is 0.497 e. The second-order valence-electron chi connectivity index (χ2n) is 8.86. The highest BCUT2D eigenvalue weighted by Gasteiger charge is 2.29. The number of hydrogen-bond acceptors (Lipinski definition) is 6. The average molecular weight is 492 g/mol. The Labute approximate surface area is 211 Å². The van der Waals surface area contributed by atoms with Crippen LogP contribution in [0.4, 0.5) is 0 Å². The topological polar surface area (TPSA) is 77.2 Å². The molecule has 3 aromatic rings. The average Bonchev–Trinajstić information content (AvgIpc) is 3.36. The molecule has 3 heterocycles. The summed E-state index contributed by atoms with van der Waals surface area (Å²) in [5, 5.41) is 0. The van der Waals surface area contributed by atoms with Crippen LogP contribution in [0.3, 0.4) is 0 Å². The number of ether oxygens (including phenoxy) is 2. The third-order valence-corrected chi connectivity index (χ3v) is 6.77. The van der Waals surface area contributed by atoms with Gasteiger partial charge in [0, 0.05) is 51.4 Å². The zero-order valence-electron chi connectivity index (χ0n) is 21.3. The number of carbonyl (C=O) groups excluding carboxylic acids is 1. The lowest BCUT2D eigenvalue weighted by atomic mass is 10.1. The van der Waals surface area contributed by atoms with Gasteiger partial charge in [0.2, 0.25) is 0 Å². The van der Waals surface area contributed by atoms with Crippen molar-refractivity contribution in [3.05, 3.63) is 87.7 Å². The molecule has 1 aromatic carbocycles. The Morgan fingerprint density at radius 1 is 1.14 bits per heavy atom. The summed E-state index contributed by atoms with van der Waals surface area (Å²) in [4.78, 5) is 30.5. The van der Waals surface area contributed by atoms with Crippen molar-refractivity contribution in [3.8, 4) is 11.5 Å². The molecule has 2 aromatic heterocycles. The minimum atomic E-state index is -0.268. The minimum Gasteiger partial charge on any atom is -0.497 e. The van der Waals surface area contributed by atoms with Gasteiger partial charge in [-0.15, -0.1) is 0 Å². The van der Waals surface area contributed by atoms with E-state index < -0.39 is 0 Å². The van der Waals surface area contributed by atoms with Crippen LogP contribution in [0.1, 0.15) is 40.3 Å². The van der Waals surface area contributed by atoms with E-state index in [9.17, 15) is 9.59 Å². The van der Waals surface area contributed by atoms with Crippen LogP contribution >= 0.6 is 0 Å². The summed E-state index contributed by atoms with van der Waals surface area (Å²) in [6.07, 6.45) is 6.35. The molecule has 0 N–H and O–H groups in total. The first-order chi connectivity index (χ1) is 17.4. The highest BCUT2D eigenvalue weighted by Crippen LogP contribution is 2.28. The molecule has 0 aliphatic carbocycles. The van der Waals surface area contributed by atoms with Crippen LogP contribution in [0.15, 0.2) is 64.0 Å². The van der Waals surface area contributed by atoms with E-state index in [1.165, 1.54) is 13.2 Å². The van der Waals surface area contributed by atoms with Crippen LogP contribution in [-0.2, 0) is 13.0 Å². The number of aromatic nitrogens is 1. The first kappa shape index (κ1) is 25.3. The second-order valence-corrected chi connectivity index (χ2v) is 8.86. The van der Waals surface area contributed by atoms with E-state index in [1.807, 2.05) is 37.3 Å². The number of fused-ring (bicyclic) bond motifs is 1. The van der Waals surface area contributed by atoms with E-state index >= 15 is 0 Å². The summed E-state index contributed by atoms with van der Waals surface area (Å²) in [6.45, 7) is 4.58. The predicted molar refractivity (Wildman–Crippen MR) is 139 cm³/mol. The van der Waals surface area contributed by atoms with Crippen LogP contribution in [0.25, 0.3) is 6.08 Å². The summed E-state index contributed by atoms with van der Waals surface area (Å²) in [7, 11) is 4.88. The summed E-state index contributed by atoms with van der Waals surface area (Å²) in [6, 6.07) is 12.7. The van der Waals surface area contributed by atoms with Crippen molar-refractivity contribution in [2.75, 3.05) is 40.9 Å². The molecule has 1 aliphatic heterocycles. The maximum atomic E-state index is 13.7. The van der Waals surface area contributed by atoms with Gasteiger partial charge in [-0.2, -0.15) is 0 Å². The zero-order valence-corrected chi connectivity index (χ0v) is 21.3. The molecule has 8 heteroatoms. The van der Waals surface area contributed by atoms with Gasteiger partial charge in [0.1, 0.15) is 22.8 Å². The Bertz CT molecular complexity index is 1260. The van der Waals surface area contributed by atoms with Crippen LogP contribution in [0, 0.1) is 0 Å². The predicted octanol–water partition coefficient (Wildman–Crippen LogP) is 3.86. The van der Waals surface area contributed by atoms with Gasteiger partial charge in [0.25, 0.3) is 11.5 Å². The monoisotopic (exact) mass is 491 g/mol. The summed E-state index contributed by atoms with van der Waals surface area (Å²) in [5.41, 5.74) is 2.09. The van der Waals surface area contributed by atoms with E-state index in [-0.39, 0.29) is 17.5 Å². The van der Waals surface area contributed by atoms with Crippen LogP contribution < -0.4 is 15.0 Å². The van der Waals surface area contributed by atoms with Crippen molar-refractivity contribution in [1.82, 2.24) is 14.4 Å². The van der Waals surface area contributed by atoms with Crippen LogP contribution in [0.2, 0.25) is 0 Å². The molecule has 1 aliphatic rings. The van der Waals surface area contributed by atoms with E-state index in [0.29, 0.717) is 42.3 Å². The molecule has 1 atom stereocenters. The number of hydrogen-bond donors (Lipinski definition) is 0. The highest BCUT2D eigenvalue weighted by molar-refractivity contribution is 5.98. The molecular formula is C28H33N3O5. The summed E-state index contributed by atoms with van der Waals surface area (Å²) in [5.74, 6) is 1.63. The van der Waals surface area contributed by atoms with Crippen LogP contribution in [0.5, 0.6) is 11.5 Å². The number of rotatable bonds is 8. The van der Waals surface area contributed by atoms with Gasteiger partial charge in [-0.3, -0.25) is 14.5 Å². The Morgan fingerprint density at radius 2 is 1.92 bits per heavy atom. The van der Waals surface area contributed by atoms with Crippen LogP contribution in [-0.4, -0.2) is 61.2 Å². The van der Waals surface area contributed by atoms with Gasteiger partial charge in [-0.25, -0.2) is 0 Å². The number of furan rings is 1. The lowest BCUT2D eigenvalue weighted by Gasteiger charge is -2.26. The van der Waals surface area contributed by atoms with Crippen molar-refractivity contribution in [2.45, 2.75) is 25.9 Å². The molecule has 8 nitrogen and oxygen atoms in total. The zero-order chi connectivity index (χ0) is 25.7. The third kappa shape index (κ3) is 5.39. The van der Waals surface area contributed by atoms with Gasteiger partial charge in [-0.1, -0.05) is 24.3 Å². The normalized spacial score (nSPS) is 14.8. The lowest BCUT2D eigenvalue weighted by Crippen LogP contribution is -2.34. The smallest absolute Gasteiger partial charge is 0.259 e. The Kier molecular flexibility index (Phi) is 7.95. The first-order valence-corrected chi connectivity index (χ1v) is 12.1. The van der Waals surface area contributed by atoms with E-state index in [1.54, 1.807) is 36.0 Å². The van der Waals surface area contributed by atoms with Crippen molar-refractivity contribution in [3.63, 3.8) is 0 Å². The number of amides is 1. The number of nitrogens with zero attached hydrogens (tertiary/aromatic N) is 3. The molecule has 4 rings (SSSR count). The molecule has 0 saturated heterocycles. The minimum absolute atomic E-state index is 0.157. The molecule has 0 fully saturated rings. The van der Waals surface area contributed by atoms with Crippen molar-refractivity contribution in [2.24, 2.45) is 0 Å². The number of methoxy groups -OCH3 is 2. The molecule has 0 bridgehead atoms. The molecule has 190 valence electrons. The second kappa shape index (κ2) is 11.3. The van der Waals surface area contributed by atoms with Crippen molar-refractivity contribution < 1.29 is 18.7 Å². The highest BCUT2D eigenvalue weighted by atomic mass is 16.5. The number of pyridine rings is 1. The fraction of sp³-hybridized carbons (Fsp3) is 0.357. The Balaban J connectivity index is 1.53. The van der Waals surface area contributed by atoms with Gasteiger partial charge >= 0.3 is 0 Å². The van der Waals surface area contributed by atoms with Crippen molar-refractivity contribution in [1.29, 1.82) is 0 Å². The Hall–Kier alpha value is -3.78. The van der Waals surface area contributed by atoms with Gasteiger partial charge in [0.15, 0.2) is 0 Å². The molecule has 0 saturated carbocycles. The summed E-state index contributed by atoms with van der Waals surface area (Å²) < 4.78 is 17.9. The SMILES string of the molecule is COc1ccc(/C=C/CN2CCc3c(C(=O)N(C)[C@@H](C)c4ccco4)c(OC)cc(=O)n3CC2)cc1. The Morgan fingerprint density at radius 3 is 2.58 bits per heavy atom. The molecule has 0 spiro atoms. The molecule has 1 amide bonds. The molecule has 0 unspecified atom stereocenters. The third-order valence-electron chi connectivity index (χ3n) is 6.77. The number of benzene rings is 1. The quantitative estimate of drug-likeness (QED) is 0.476. The molecule has 0 radical (unpaired) electrons. The molecular weight excluding hydrogens is 458 g/mol. The van der Waals surface area contributed by atoms with E-state index in [4.69, 9.17) is 13.9 Å². The summed E-state index contributed by atoms with van der Waals surface area (Å²) >= 11 is 0. The fourth-order valence-corrected chi connectivity index (χ4v) is 4.49. The van der Waals surface area contributed by atoms with E-state index in [0.717, 1.165) is 24.4 Å². The maximum Gasteiger partial charge on any atom is 0.259 e. The fourth-order valence-electron chi connectivity index (χ4n) is 4.49.